The lowest BCUT2D eigenvalue weighted by Crippen LogP contribution is -2.45. The predicted molar refractivity (Wildman–Crippen MR) is 69.7 cm³/mol. The van der Waals surface area contributed by atoms with Gasteiger partial charge in [-0.1, -0.05) is 26.0 Å². The van der Waals surface area contributed by atoms with Gasteiger partial charge >= 0.3 is 0 Å². The van der Waals surface area contributed by atoms with Crippen molar-refractivity contribution < 1.29 is 9.47 Å². The summed E-state index contributed by atoms with van der Waals surface area (Å²) in [5.41, 5.74) is 0.872. The van der Waals surface area contributed by atoms with Gasteiger partial charge < -0.3 is 9.47 Å². The molecule has 0 bridgehead atoms. The van der Waals surface area contributed by atoms with E-state index in [4.69, 9.17) is 9.47 Å². The molecule has 1 saturated carbocycles. The Morgan fingerprint density at radius 2 is 2.17 bits per heavy atom. The summed E-state index contributed by atoms with van der Waals surface area (Å²) in [6, 6.07) is 2.39. The maximum atomic E-state index is 9.32. The highest BCUT2D eigenvalue weighted by Gasteiger charge is 2.44. The van der Waals surface area contributed by atoms with Crippen molar-refractivity contribution in [1.29, 1.82) is 5.26 Å². The summed E-state index contributed by atoms with van der Waals surface area (Å²) >= 11 is 0. The minimum absolute atomic E-state index is 0.0752. The molecule has 1 aliphatic carbocycles. The minimum Gasteiger partial charge on any atom is -0.353 e. The number of hydrogen-bond acceptors (Lipinski definition) is 3. The van der Waals surface area contributed by atoms with Crippen molar-refractivity contribution in [2.24, 2.45) is 11.3 Å². The Kier molecular flexibility index (Phi) is 4.09. The van der Waals surface area contributed by atoms with E-state index in [0.29, 0.717) is 0 Å². The number of rotatable bonds is 2. The zero-order chi connectivity index (χ0) is 13.2. The molecule has 3 atom stereocenters. The Balaban J connectivity index is 2.03. The molecule has 18 heavy (non-hydrogen) atoms. The number of nitriles is 1. The molecule has 3 nitrogen and oxygen atoms in total. The quantitative estimate of drug-likeness (QED) is 0.704. The second-order valence-electron chi connectivity index (χ2n) is 6.00. The van der Waals surface area contributed by atoms with E-state index >= 15 is 0 Å². The first-order chi connectivity index (χ1) is 8.55. The highest BCUT2D eigenvalue weighted by Crippen LogP contribution is 2.45. The van der Waals surface area contributed by atoms with Crippen LogP contribution >= 0.6 is 0 Å². The highest BCUT2D eigenvalue weighted by molar-refractivity contribution is 5.19. The molecule has 1 unspecified atom stereocenters. The Labute approximate surface area is 110 Å². The number of nitrogens with zero attached hydrogens (tertiary/aromatic N) is 1. The molecule has 0 aromatic rings. The lowest BCUT2D eigenvalue weighted by Gasteiger charge is -2.44. The fourth-order valence-corrected chi connectivity index (χ4v) is 3.05. The first-order valence-corrected chi connectivity index (χ1v) is 6.90. The van der Waals surface area contributed by atoms with Gasteiger partial charge in [0.1, 0.15) is 0 Å². The summed E-state index contributed by atoms with van der Waals surface area (Å²) in [6.45, 7) is 9.05. The van der Waals surface area contributed by atoms with Crippen LogP contribution in [0.2, 0.25) is 0 Å². The van der Waals surface area contributed by atoms with Gasteiger partial charge in [0.15, 0.2) is 6.29 Å². The average Bonchev–Trinajstić information content (AvgIpc) is 2.34. The third-order valence-electron chi connectivity index (χ3n) is 4.29. The fourth-order valence-electron chi connectivity index (χ4n) is 3.05. The monoisotopic (exact) mass is 249 g/mol. The van der Waals surface area contributed by atoms with Gasteiger partial charge in [-0.25, -0.2) is 0 Å². The Morgan fingerprint density at radius 1 is 1.39 bits per heavy atom. The van der Waals surface area contributed by atoms with Crippen LogP contribution in [-0.2, 0) is 9.47 Å². The van der Waals surface area contributed by atoms with Crippen molar-refractivity contribution >= 4 is 0 Å². The van der Waals surface area contributed by atoms with Crippen LogP contribution in [0.25, 0.3) is 0 Å². The second kappa shape index (κ2) is 5.42. The maximum absolute atomic E-state index is 9.32. The Hall–Kier alpha value is -0.850. The summed E-state index contributed by atoms with van der Waals surface area (Å²) in [5, 5.41) is 9.32. The fraction of sp³-hybridized carbons (Fsp3) is 0.800. The van der Waals surface area contributed by atoms with Crippen molar-refractivity contribution in [1.82, 2.24) is 0 Å². The topological polar surface area (TPSA) is 42.2 Å². The van der Waals surface area contributed by atoms with Crippen LogP contribution in [0.15, 0.2) is 12.2 Å². The van der Waals surface area contributed by atoms with Gasteiger partial charge in [0, 0.05) is 12.0 Å². The Morgan fingerprint density at radius 3 is 2.78 bits per heavy atom. The van der Waals surface area contributed by atoms with Gasteiger partial charge in [-0.15, -0.1) is 0 Å². The van der Waals surface area contributed by atoms with E-state index in [9.17, 15) is 5.26 Å². The maximum Gasteiger partial charge on any atom is 0.157 e. The van der Waals surface area contributed by atoms with Crippen molar-refractivity contribution in [3.05, 3.63) is 12.2 Å². The van der Waals surface area contributed by atoms with Gasteiger partial charge in [-0.3, -0.25) is 0 Å². The average molecular weight is 249 g/mol. The smallest absolute Gasteiger partial charge is 0.157 e. The van der Waals surface area contributed by atoms with Gasteiger partial charge in [-0.05, 0) is 32.1 Å². The van der Waals surface area contributed by atoms with E-state index in [1.165, 1.54) is 6.42 Å². The lowest BCUT2D eigenvalue weighted by molar-refractivity contribution is -0.216. The zero-order valence-corrected chi connectivity index (χ0v) is 11.4. The van der Waals surface area contributed by atoms with E-state index in [-0.39, 0.29) is 23.7 Å². The van der Waals surface area contributed by atoms with Crippen molar-refractivity contribution in [2.45, 2.75) is 58.3 Å². The summed E-state index contributed by atoms with van der Waals surface area (Å²) in [6.07, 6.45) is 5.13. The molecule has 0 aromatic carbocycles. The van der Waals surface area contributed by atoms with Gasteiger partial charge in [0.05, 0.1) is 18.1 Å². The summed E-state index contributed by atoms with van der Waals surface area (Å²) in [5.74, 6) is -0.111. The number of ether oxygens (including phenoxy) is 2. The molecule has 2 rings (SSSR count). The molecule has 0 spiro atoms. The molecule has 1 aliphatic heterocycles. The first-order valence-electron chi connectivity index (χ1n) is 6.90. The standard InChI is InChI=1S/C15H23NO2/c1-11-7-8-13(15(2,3)12(11)10-16)18-14-6-4-5-9-17-14/h12-14H,1,4-9H2,2-3H3/t12-,13+,14?/m1/s1. The van der Waals surface area contributed by atoms with Gasteiger partial charge in [-0.2, -0.15) is 5.26 Å². The molecule has 2 fully saturated rings. The molecule has 0 amide bonds. The normalized spacial score (nSPS) is 36.1. The molecular formula is C15H23NO2. The second-order valence-corrected chi connectivity index (χ2v) is 6.00. The number of hydrogen-bond donors (Lipinski definition) is 0. The molecular weight excluding hydrogens is 226 g/mol. The van der Waals surface area contributed by atoms with E-state index in [1.54, 1.807) is 0 Å². The van der Waals surface area contributed by atoms with Crippen molar-refractivity contribution in [2.75, 3.05) is 6.61 Å². The molecule has 100 valence electrons. The van der Waals surface area contributed by atoms with Gasteiger partial charge in [0.25, 0.3) is 0 Å². The third-order valence-corrected chi connectivity index (χ3v) is 4.29. The molecule has 0 aromatic heterocycles. The number of allylic oxidation sites excluding steroid dienone is 1. The molecule has 2 aliphatic rings. The van der Waals surface area contributed by atoms with Crippen LogP contribution in [0.1, 0.15) is 46.0 Å². The van der Waals surface area contributed by atoms with Crippen LogP contribution in [0.5, 0.6) is 0 Å². The molecule has 1 saturated heterocycles. The van der Waals surface area contributed by atoms with Gasteiger partial charge in [0.2, 0.25) is 0 Å². The highest BCUT2D eigenvalue weighted by atomic mass is 16.7. The minimum atomic E-state index is -0.176. The molecule has 0 radical (unpaired) electrons. The van der Waals surface area contributed by atoms with Crippen LogP contribution in [0, 0.1) is 22.7 Å². The van der Waals surface area contributed by atoms with E-state index in [1.807, 2.05) is 0 Å². The van der Waals surface area contributed by atoms with E-state index < -0.39 is 0 Å². The summed E-state index contributed by atoms with van der Waals surface area (Å²) in [7, 11) is 0. The van der Waals surface area contributed by atoms with Crippen LogP contribution < -0.4 is 0 Å². The predicted octanol–water partition coefficient (Wildman–Crippen LogP) is 3.41. The largest absolute Gasteiger partial charge is 0.353 e. The van der Waals surface area contributed by atoms with Crippen LogP contribution in [0.4, 0.5) is 0 Å². The molecule has 0 N–H and O–H groups in total. The van der Waals surface area contributed by atoms with Crippen LogP contribution in [-0.4, -0.2) is 19.0 Å². The molecule has 3 heteroatoms. The van der Waals surface area contributed by atoms with Crippen LogP contribution in [0.3, 0.4) is 0 Å². The Bertz CT molecular complexity index is 350. The van der Waals surface area contributed by atoms with E-state index in [2.05, 4.69) is 26.5 Å². The lowest BCUT2D eigenvalue weighted by atomic mass is 9.65. The third kappa shape index (κ3) is 2.60. The van der Waals surface area contributed by atoms with Crippen molar-refractivity contribution in [3.8, 4) is 6.07 Å². The zero-order valence-electron chi connectivity index (χ0n) is 11.4. The SMILES string of the molecule is C=C1CC[C@H](OC2CCCCO2)C(C)(C)[C@@H]1C#N. The summed E-state index contributed by atoms with van der Waals surface area (Å²) in [4.78, 5) is 0. The first kappa shape index (κ1) is 13.6. The van der Waals surface area contributed by atoms with E-state index in [0.717, 1.165) is 37.9 Å². The van der Waals surface area contributed by atoms with Crippen molar-refractivity contribution in [3.63, 3.8) is 0 Å². The molecule has 1 heterocycles. The summed E-state index contributed by atoms with van der Waals surface area (Å²) < 4.78 is 11.8.